The molecule has 0 spiro atoms. The molecule has 1 N–H and O–H groups in total. The smallest absolute Gasteiger partial charge is 0.316 e. The summed E-state index contributed by atoms with van der Waals surface area (Å²) in [5, 5.41) is 21.3. The molecule has 10 nitrogen and oxygen atoms in total. The van der Waals surface area contributed by atoms with Crippen LogP contribution in [-0.2, 0) is 13.1 Å². The number of rotatable bonds is 6. The molecule has 2 heterocycles. The van der Waals surface area contributed by atoms with Crippen LogP contribution in [0.15, 0.2) is 41.2 Å². The van der Waals surface area contributed by atoms with Gasteiger partial charge in [-0.25, -0.2) is 0 Å². The fourth-order valence-electron chi connectivity index (χ4n) is 1.95. The molecule has 128 valence electrons. The van der Waals surface area contributed by atoms with Gasteiger partial charge in [0.05, 0.1) is 4.92 Å². The number of carbonyl (C=O) groups excluding carboxylic acids is 1. The minimum atomic E-state index is -0.560. The molecule has 0 saturated heterocycles. The molecular weight excluding hydrogens is 352 g/mol. The summed E-state index contributed by atoms with van der Waals surface area (Å²) < 4.78 is 6.17. The molecule has 1 amide bonds. The number of halogens is 1. The molecule has 11 heteroatoms. The van der Waals surface area contributed by atoms with E-state index in [0.29, 0.717) is 5.02 Å². The van der Waals surface area contributed by atoms with Crippen molar-refractivity contribution < 1.29 is 14.2 Å². The van der Waals surface area contributed by atoms with E-state index < -0.39 is 10.8 Å². The second-order valence-corrected chi connectivity index (χ2v) is 5.41. The highest BCUT2D eigenvalue weighted by Gasteiger charge is 2.16. The number of amides is 1. The van der Waals surface area contributed by atoms with Gasteiger partial charge in [-0.3, -0.25) is 19.6 Å². The van der Waals surface area contributed by atoms with Gasteiger partial charge >= 0.3 is 17.5 Å². The predicted octanol–water partition coefficient (Wildman–Crippen LogP) is 1.81. The van der Waals surface area contributed by atoms with E-state index in [0.717, 1.165) is 11.8 Å². The molecule has 0 radical (unpaired) electrons. The molecular formula is C14H11ClN6O4. The maximum Gasteiger partial charge on any atom is 0.316 e. The van der Waals surface area contributed by atoms with Crippen molar-refractivity contribution in [3.05, 3.63) is 69.1 Å². The van der Waals surface area contributed by atoms with Crippen molar-refractivity contribution in [2.45, 2.75) is 13.1 Å². The molecule has 0 fully saturated rings. The van der Waals surface area contributed by atoms with Crippen molar-refractivity contribution in [1.29, 1.82) is 0 Å². The third-order valence-electron chi connectivity index (χ3n) is 3.16. The summed E-state index contributed by atoms with van der Waals surface area (Å²) in [4.78, 5) is 26.0. The second-order valence-electron chi connectivity index (χ2n) is 4.98. The average molecular weight is 363 g/mol. The van der Waals surface area contributed by atoms with E-state index in [4.69, 9.17) is 16.1 Å². The monoisotopic (exact) mass is 362 g/mol. The van der Waals surface area contributed by atoms with E-state index in [2.05, 4.69) is 20.6 Å². The molecule has 0 bridgehead atoms. The van der Waals surface area contributed by atoms with Crippen molar-refractivity contribution in [2.75, 3.05) is 0 Å². The number of benzene rings is 1. The Hall–Kier alpha value is -3.27. The Kier molecular flexibility index (Phi) is 4.70. The topological polar surface area (TPSA) is 129 Å². The van der Waals surface area contributed by atoms with Gasteiger partial charge in [0.15, 0.2) is 5.82 Å². The van der Waals surface area contributed by atoms with Crippen LogP contribution < -0.4 is 5.32 Å². The summed E-state index contributed by atoms with van der Waals surface area (Å²) in [5.74, 6) is -0.555. The predicted molar refractivity (Wildman–Crippen MR) is 84.9 cm³/mol. The Morgan fingerprint density at radius 3 is 2.80 bits per heavy atom. The molecule has 0 aliphatic heterocycles. The van der Waals surface area contributed by atoms with Gasteiger partial charge in [-0.05, 0) is 17.7 Å². The van der Waals surface area contributed by atoms with Crippen molar-refractivity contribution >= 4 is 23.2 Å². The Labute approximate surface area is 145 Å². The van der Waals surface area contributed by atoms with E-state index >= 15 is 0 Å². The molecule has 0 aliphatic rings. The van der Waals surface area contributed by atoms with Gasteiger partial charge in [-0.1, -0.05) is 28.9 Å². The Balaban J connectivity index is 1.59. The summed E-state index contributed by atoms with van der Waals surface area (Å²) in [6.45, 7) is 0.320. The molecule has 25 heavy (non-hydrogen) atoms. The normalized spacial score (nSPS) is 10.6. The SMILES string of the molecule is O=C(NCc1ccc(Cl)cc1)c1nc(Cn2cc([N+](=O)[O-])cn2)no1. The van der Waals surface area contributed by atoms with Gasteiger partial charge < -0.3 is 9.84 Å². The summed E-state index contributed by atoms with van der Waals surface area (Å²) in [6, 6.07) is 7.01. The van der Waals surface area contributed by atoms with Crippen LogP contribution in [-0.4, -0.2) is 30.8 Å². The zero-order valence-corrected chi connectivity index (χ0v) is 13.4. The molecule has 3 aromatic rings. The number of carbonyl (C=O) groups is 1. The standard InChI is InChI=1S/C14H11ClN6O4/c15-10-3-1-9(2-4-10)5-16-13(22)14-18-12(19-25-14)8-20-7-11(6-17-20)21(23)24/h1-4,6-7H,5,8H2,(H,16,22). The third-order valence-corrected chi connectivity index (χ3v) is 3.41. The highest BCUT2D eigenvalue weighted by molar-refractivity contribution is 6.30. The Morgan fingerprint density at radius 1 is 1.36 bits per heavy atom. The van der Waals surface area contributed by atoms with Gasteiger partial charge in [0.1, 0.15) is 18.9 Å². The first-order valence-corrected chi connectivity index (χ1v) is 7.41. The summed E-state index contributed by atoms with van der Waals surface area (Å²) in [7, 11) is 0. The van der Waals surface area contributed by atoms with E-state index in [1.54, 1.807) is 24.3 Å². The molecule has 0 atom stereocenters. The third kappa shape index (κ3) is 4.18. The Bertz CT molecular complexity index is 904. The zero-order chi connectivity index (χ0) is 17.8. The number of aromatic nitrogens is 4. The van der Waals surface area contributed by atoms with Gasteiger partial charge in [-0.2, -0.15) is 10.1 Å². The van der Waals surface area contributed by atoms with Crippen LogP contribution in [0.1, 0.15) is 22.1 Å². The van der Waals surface area contributed by atoms with Gasteiger partial charge in [-0.15, -0.1) is 0 Å². The number of hydrogen-bond donors (Lipinski definition) is 1. The minimum absolute atomic E-state index is 0.0435. The number of nitrogens with zero attached hydrogens (tertiary/aromatic N) is 5. The molecule has 2 aromatic heterocycles. The minimum Gasteiger partial charge on any atom is -0.344 e. The lowest BCUT2D eigenvalue weighted by Crippen LogP contribution is -2.23. The zero-order valence-electron chi connectivity index (χ0n) is 12.6. The summed E-state index contributed by atoms with van der Waals surface area (Å²) in [6.07, 6.45) is 2.34. The largest absolute Gasteiger partial charge is 0.344 e. The lowest BCUT2D eigenvalue weighted by molar-refractivity contribution is -0.385. The van der Waals surface area contributed by atoms with Crippen LogP contribution >= 0.6 is 11.6 Å². The van der Waals surface area contributed by atoms with Crippen LogP contribution in [0, 0.1) is 10.1 Å². The number of hydrogen-bond acceptors (Lipinski definition) is 7. The van der Waals surface area contributed by atoms with Crippen molar-refractivity contribution in [3.8, 4) is 0 Å². The molecule has 3 rings (SSSR count). The maximum absolute atomic E-state index is 12.0. The molecule has 0 aliphatic carbocycles. The van der Waals surface area contributed by atoms with Crippen LogP contribution in [0.4, 0.5) is 5.69 Å². The first-order chi connectivity index (χ1) is 12.0. The quantitative estimate of drug-likeness (QED) is 0.522. The molecule has 0 unspecified atom stereocenters. The van der Waals surface area contributed by atoms with E-state index in [-0.39, 0.29) is 30.5 Å². The van der Waals surface area contributed by atoms with E-state index in [9.17, 15) is 14.9 Å². The van der Waals surface area contributed by atoms with Crippen molar-refractivity contribution in [1.82, 2.24) is 25.2 Å². The molecule has 0 saturated carbocycles. The lowest BCUT2D eigenvalue weighted by Gasteiger charge is -2.02. The number of nitro groups is 1. The fraction of sp³-hybridized carbons (Fsp3) is 0.143. The average Bonchev–Trinajstić information content (AvgIpc) is 3.24. The fourth-order valence-corrected chi connectivity index (χ4v) is 2.07. The summed E-state index contributed by atoms with van der Waals surface area (Å²) in [5.41, 5.74) is 0.714. The first-order valence-electron chi connectivity index (χ1n) is 7.03. The van der Waals surface area contributed by atoms with Crippen LogP contribution in [0.25, 0.3) is 0 Å². The van der Waals surface area contributed by atoms with Crippen LogP contribution in [0.2, 0.25) is 5.02 Å². The van der Waals surface area contributed by atoms with E-state index in [1.807, 2.05) is 0 Å². The van der Waals surface area contributed by atoms with Crippen LogP contribution in [0.3, 0.4) is 0 Å². The van der Waals surface area contributed by atoms with Gasteiger partial charge in [0.25, 0.3) is 0 Å². The Morgan fingerprint density at radius 2 is 2.12 bits per heavy atom. The van der Waals surface area contributed by atoms with E-state index in [1.165, 1.54) is 10.9 Å². The maximum atomic E-state index is 12.0. The lowest BCUT2D eigenvalue weighted by atomic mass is 10.2. The molecule has 1 aromatic carbocycles. The van der Waals surface area contributed by atoms with Crippen LogP contribution in [0.5, 0.6) is 0 Å². The summed E-state index contributed by atoms with van der Waals surface area (Å²) >= 11 is 5.79. The second kappa shape index (κ2) is 7.09. The van der Waals surface area contributed by atoms with Crippen molar-refractivity contribution in [3.63, 3.8) is 0 Å². The van der Waals surface area contributed by atoms with Gasteiger partial charge in [0.2, 0.25) is 0 Å². The van der Waals surface area contributed by atoms with Crippen molar-refractivity contribution in [2.24, 2.45) is 0 Å². The number of nitrogens with one attached hydrogen (secondary N) is 1. The highest BCUT2D eigenvalue weighted by atomic mass is 35.5. The van der Waals surface area contributed by atoms with Gasteiger partial charge in [0, 0.05) is 11.6 Å². The highest BCUT2D eigenvalue weighted by Crippen LogP contribution is 2.10. The first kappa shape index (κ1) is 16.6.